The predicted octanol–water partition coefficient (Wildman–Crippen LogP) is 6.25. The van der Waals surface area contributed by atoms with Crippen molar-refractivity contribution in [2.75, 3.05) is 5.32 Å². The fraction of sp³-hybridized carbons (Fsp3) is 0.269. The number of nitrogens with one attached hydrogen (secondary N) is 2. The van der Waals surface area contributed by atoms with Crippen LogP contribution in [0.1, 0.15) is 40.3 Å². The molecule has 0 aromatic heterocycles. The molecule has 3 aromatic carbocycles. The van der Waals surface area contributed by atoms with Gasteiger partial charge in [0.05, 0.1) is 12.1 Å². The van der Waals surface area contributed by atoms with Gasteiger partial charge in [0.1, 0.15) is 6.61 Å². The normalized spacial score (nSPS) is 17.8. The van der Waals surface area contributed by atoms with E-state index >= 15 is 8.78 Å². The van der Waals surface area contributed by atoms with E-state index in [1.807, 2.05) is 49.4 Å². The van der Waals surface area contributed by atoms with Crippen LogP contribution >= 0.6 is 0 Å². The highest BCUT2D eigenvalue weighted by Crippen LogP contribution is 2.43. The number of alkyl carbamates (subject to hydrolysis) is 1. The second-order valence-electron chi connectivity index (χ2n) is 8.27. The summed E-state index contributed by atoms with van der Waals surface area (Å²) in [5.74, 6) is -3.12. The molecule has 1 aliphatic rings. The number of fused-ring (bicyclic) bond motifs is 1. The van der Waals surface area contributed by atoms with Crippen molar-refractivity contribution >= 4 is 11.8 Å². The number of alkyl halides is 2. The number of ether oxygens (including phenoxy) is 1. The lowest BCUT2D eigenvalue weighted by molar-refractivity contribution is -0.0309. The Hall–Kier alpha value is -3.41. The molecule has 1 amide bonds. The summed E-state index contributed by atoms with van der Waals surface area (Å²) in [7, 11) is 0. The van der Waals surface area contributed by atoms with Crippen molar-refractivity contribution in [2.24, 2.45) is 0 Å². The average Bonchev–Trinajstić information content (AvgIpc) is 2.78. The molecule has 1 aliphatic heterocycles. The van der Waals surface area contributed by atoms with Crippen molar-refractivity contribution in [3.8, 4) is 0 Å². The monoisotopic (exact) mass is 436 g/mol. The summed E-state index contributed by atoms with van der Waals surface area (Å²) in [4.78, 5) is 12.5. The third-order valence-electron chi connectivity index (χ3n) is 5.73. The van der Waals surface area contributed by atoms with Gasteiger partial charge in [0, 0.05) is 11.3 Å². The van der Waals surface area contributed by atoms with Crippen LogP contribution in [0.3, 0.4) is 0 Å². The molecule has 166 valence electrons. The number of carbonyl (C=O) groups is 1. The van der Waals surface area contributed by atoms with Gasteiger partial charge in [0.15, 0.2) is 0 Å². The first kappa shape index (κ1) is 21.8. The van der Waals surface area contributed by atoms with E-state index in [2.05, 4.69) is 10.6 Å². The minimum absolute atomic E-state index is 0.0256. The number of carbonyl (C=O) groups excluding carboxylic acids is 1. The summed E-state index contributed by atoms with van der Waals surface area (Å²) in [6.07, 6.45) is -0.608. The van der Waals surface area contributed by atoms with Crippen molar-refractivity contribution < 1.29 is 18.3 Å². The molecule has 0 unspecified atom stereocenters. The van der Waals surface area contributed by atoms with Crippen LogP contribution < -0.4 is 10.6 Å². The summed E-state index contributed by atoms with van der Waals surface area (Å²) in [5, 5.41) is 5.80. The van der Waals surface area contributed by atoms with Gasteiger partial charge in [0.2, 0.25) is 0 Å². The van der Waals surface area contributed by atoms with Crippen LogP contribution in [0.15, 0.2) is 72.8 Å². The third-order valence-corrected chi connectivity index (χ3v) is 5.73. The molecule has 0 radical (unpaired) electrons. The molecule has 0 saturated heterocycles. The number of aryl methyl sites for hydroxylation is 2. The quantitative estimate of drug-likeness (QED) is 0.497. The molecule has 0 spiro atoms. The Kier molecular flexibility index (Phi) is 6.12. The second-order valence-corrected chi connectivity index (χ2v) is 8.27. The first-order valence-electron chi connectivity index (χ1n) is 10.6. The van der Waals surface area contributed by atoms with E-state index in [9.17, 15) is 4.79 Å². The lowest BCUT2D eigenvalue weighted by Gasteiger charge is -2.37. The zero-order chi connectivity index (χ0) is 22.7. The van der Waals surface area contributed by atoms with E-state index < -0.39 is 24.1 Å². The van der Waals surface area contributed by atoms with Gasteiger partial charge in [-0.1, -0.05) is 77.9 Å². The molecule has 32 heavy (non-hydrogen) atoms. The largest absolute Gasteiger partial charge is 0.445 e. The number of halogens is 2. The fourth-order valence-electron chi connectivity index (χ4n) is 4.05. The number of hydrogen-bond donors (Lipinski definition) is 2. The van der Waals surface area contributed by atoms with Gasteiger partial charge in [-0.15, -0.1) is 0 Å². The Morgan fingerprint density at radius 1 is 1.03 bits per heavy atom. The lowest BCUT2D eigenvalue weighted by Crippen LogP contribution is -2.45. The van der Waals surface area contributed by atoms with Gasteiger partial charge < -0.3 is 15.4 Å². The third kappa shape index (κ3) is 4.74. The molecule has 0 fully saturated rings. The number of hydrogen-bond acceptors (Lipinski definition) is 3. The molecular formula is C26H26F2N2O2. The molecule has 2 atom stereocenters. The highest BCUT2D eigenvalue weighted by molar-refractivity contribution is 5.69. The van der Waals surface area contributed by atoms with Gasteiger partial charge in [-0.25, -0.2) is 4.79 Å². The maximum atomic E-state index is 15.5. The maximum Gasteiger partial charge on any atom is 0.407 e. The molecule has 4 nitrogen and oxygen atoms in total. The Bertz CT molecular complexity index is 1100. The minimum Gasteiger partial charge on any atom is -0.445 e. The van der Waals surface area contributed by atoms with Gasteiger partial charge in [0.25, 0.3) is 5.92 Å². The van der Waals surface area contributed by atoms with E-state index in [0.29, 0.717) is 5.69 Å². The predicted molar refractivity (Wildman–Crippen MR) is 121 cm³/mol. The Labute approximate surface area is 186 Å². The zero-order valence-electron chi connectivity index (χ0n) is 18.1. The van der Waals surface area contributed by atoms with E-state index in [0.717, 1.165) is 22.3 Å². The van der Waals surface area contributed by atoms with E-state index in [-0.39, 0.29) is 18.6 Å². The Morgan fingerprint density at radius 3 is 2.53 bits per heavy atom. The average molecular weight is 437 g/mol. The minimum atomic E-state index is -3.12. The Morgan fingerprint density at radius 2 is 1.78 bits per heavy atom. The number of benzene rings is 3. The van der Waals surface area contributed by atoms with Crippen molar-refractivity contribution in [1.29, 1.82) is 0 Å². The van der Waals surface area contributed by atoms with Crippen LogP contribution in [0.5, 0.6) is 0 Å². The van der Waals surface area contributed by atoms with Crippen LogP contribution in [-0.2, 0) is 17.3 Å². The number of rotatable bonds is 5. The summed E-state index contributed by atoms with van der Waals surface area (Å²) in [6.45, 7) is 3.83. The first-order valence-corrected chi connectivity index (χ1v) is 10.6. The van der Waals surface area contributed by atoms with Gasteiger partial charge in [-0.2, -0.15) is 8.78 Å². The van der Waals surface area contributed by atoms with Crippen molar-refractivity contribution in [3.63, 3.8) is 0 Å². The van der Waals surface area contributed by atoms with Crippen LogP contribution in [-0.4, -0.2) is 12.1 Å². The molecule has 0 saturated carbocycles. The highest BCUT2D eigenvalue weighted by atomic mass is 19.3. The smallest absolute Gasteiger partial charge is 0.407 e. The molecule has 6 heteroatoms. The molecule has 0 bridgehead atoms. The second kappa shape index (κ2) is 8.99. The Balaban J connectivity index is 1.55. The van der Waals surface area contributed by atoms with Crippen molar-refractivity contribution in [1.82, 2.24) is 5.32 Å². The fourth-order valence-corrected chi connectivity index (χ4v) is 4.05. The summed E-state index contributed by atoms with van der Waals surface area (Å²) >= 11 is 0. The lowest BCUT2D eigenvalue weighted by atomic mass is 9.86. The highest BCUT2D eigenvalue weighted by Gasteiger charge is 2.45. The molecule has 0 aliphatic carbocycles. The van der Waals surface area contributed by atoms with Gasteiger partial charge in [-0.3, -0.25) is 0 Å². The van der Waals surface area contributed by atoms with E-state index in [4.69, 9.17) is 4.74 Å². The number of anilines is 1. The van der Waals surface area contributed by atoms with Crippen LogP contribution in [0.2, 0.25) is 0 Å². The van der Waals surface area contributed by atoms with Gasteiger partial charge >= 0.3 is 6.09 Å². The van der Waals surface area contributed by atoms with Crippen LogP contribution in [0, 0.1) is 13.8 Å². The molecule has 2 N–H and O–H groups in total. The molecule has 1 heterocycles. The molecule has 3 aromatic rings. The summed E-state index contributed by atoms with van der Waals surface area (Å²) < 4.78 is 36.3. The number of amides is 1. The molecule has 4 rings (SSSR count). The van der Waals surface area contributed by atoms with Crippen molar-refractivity contribution in [2.45, 2.75) is 44.9 Å². The topological polar surface area (TPSA) is 50.4 Å². The van der Waals surface area contributed by atoms with Crippen LogP contribution in [0.4, 0.5) is 19.3 Å². The SMILES string of the molecule is Cc1cccc(C(F)(F)[C@@H]2C[C@H](NC(=O)OCc3ccccc3)c3cc(C)ccc3N2)c1. The van der Waals surface area contributed by atoms with E-state index in [1.165, 1.54) is 12.1 Å². The summed E-state index contributed by atoms with van der Waals surface area (Å²) in [6, 6.07) is 19.5. The van der Waals surface area contributed by atoms with Gasteiger partial charge in [-0.05, 0) is 37.5 Å². The zero-order valence-corrected chi connectivity index (χ0v) is 18.1. The molecular weight excluding hydrogens is 410 g/mol. The maximum absolute atomic E-state index is 15.5. The first-order chi connectivity index (χ1) is 15.3. The standard InChI is InChI=1S/C26H26F2N2O2/c1-17-7-6-10-20(13-17)26(27,28)24-15-23(21-14-18(2)11-12-22(21)29-24)30-25(31)32-16-19-8-4-3-5-9-19/h3-14,23-24,29H,15-16H2,1-2H3,(H,30,31)/t23-,24-/m0/s1. The van der Waals surface area contributed by atoms with Crippen molar-refractivity contribution in [3.05, 3.63) is 101 Å². The van der Waals surface area contributed by atoms with Crippen LogP contribution in [0.25, 0.3) is 0 Å². The summed E-state index contributed by atoms with van der Waals surface area (Å²) in [5.41, 5.74) is 3.93. The van der Waals surface area contributed by atoms with E-state index in [1.54, 1.807) is 25.1 Å².